The number of carbonyl (C=O) groups excluding carboxylic acids is 1. The number of rotatable bonds is 4. The van der Waals surface area contributed by atoms with Gasteiger partial charge in [0.1, 0.15) is 11.7 Å². The van der Waals surface area contributed by atoms with Gasteiger partial charge in [0.05, 0.1) is 10.2 Å². The first-order chi connectivity index (χ1) is 11.8. The van der Waals surface area contributed by atoms with Crippen molar-refractivity contribution in [2.24, 2.45) is 23.7 Å². The Morgan fingerprint density at radius 2 is 1.76 bits per heavy atom. The van der Waals surface area contributed by atoms with E-state index in [4.69, 9.17) is 0 Å². The third-order valence-corrected chi connectivity index (χ3v) is 7.57. The van der Waals surface area contributed by atoms with Crippen LogP contribution in [0.4, 0.5) is 8.78 Å². The first-order valence-electron chi connectivity index (χ1n) is 9.18. The van der Waals surface area contributed by atoms with Crippen molar-refractivity contribution in [3.05, 3.63) is 15.9 Å². The van der Waals surface area contributed by atoms with Gasteiger partial charge in [-0.05, 0) is 85.6 Å². The average Bonchev–Trinajstić information content (AvgIpc) is 2.85. The van der Waals surface area contributed by atoms with Gasteiger partial charge in [-0.1, -0.05) is 0 Å². The molecule has 7 heteroatoms. The standard InChI is InChI=1S/C18H24BrF2N3O/c1-8-14(19)16(17(20)21)23-24(8)9(2)18(25)22-15-12-4-10-3-11(6-12)7-13(15)5-10/h9-13,15,17H,3-7H2,1-2H3,(H,22,25)/t9-,10?,11?,12?,13?,15?/m1/s1. The van der Waals surface area contributed by atoms with Gasteiger partial charge in [-0.2, -0.15) is 5.10 Å². The highest BCUT2D eigenvalue weighted by molar-refractivity contribution is 9.10. The molecule has 25 heavy (non-hydrogen) atoms. The maximum Gasteiger partial charge on any atom is 0.283 e. The molecule has 0 radical (unpaired) electrons. The van der Waals surface area contributed by atoms with E-state index in [0.29, 0.717) is 17.5 Å². The van der Waals surface area contributed by atoms with Crippen LogP contribution < -0.4 is 5.32 Å². The molecule has 1 N–H and O–H groups in total. The van der Waals surface area contributed by atoms with Crippen molar-refractivity contribution >= 4 is 21.8 Å². The van der Waals surface area contributed by atoms with Crippen molar-refractivity contribution in [3.8, 4) is 0 Å². The number of hydrogen-bond acceptors (Lipinski definition) is 2. The van der Waals surface area contributed by atoms with Crippen LogP contribution in [0.25, 0.3) is 0 Å². The van der Waals surface area contributed by atoms with Crippen LogP contribution in [0, 0.1) is 30.6 Å². The van der Waals surface area contributed by atoms with Crippen LogP contribution in [-0.2, 0) is 4.79 Å². The predicted molar refractivity (Wildman–Crippen MR) is 93.3 cm³/mol. The van der Waals surface area contributed by atoms with Crippen LogP contribution in [0.2, 0.25) is 0 Å². The van der Waals surface area contributed by atoms with E-state index in [1.165, 1.54) is 36.8 Å². The Hall–Kier alpha value is -0.980. The second-order valence-electron chi connectivity index (χ2n) is 8.17. The van der Waals surface area contributed by atoms with E-state index in [1.807, 2.05) is 0 Å². The minimum atomic E-state index is -2.66. The van der Waals surface area contributed by atoms with E-state index >= 15 is 0 Å². The minimum Gasteiger partial charge on any atom is -0.351 e. The number of halogens is 3. The van der Waals surface area contributed by atoms with Gasteiger partial charge in [0, 0.05) is 6.04 Å². The molecule has 0 unspecified atom stereocenters. The summed E-state index contributed by atoms with van der Waals surface area (Å²) in [5.41, 5.74) is 0.259. The molecule has 0 aliphatic heterocycles. The zero-order valence-electron chi connectivity index (χ0n) is 14.5. The predicted octanol–water partition coefficient (Wildman–Crippen LogP) is 4.39. The maximum absolute atomic E-state index is 13.0. The number of nitrogens with zero attached hydrogens (tertiary/aromatic N) is 2. The molecule has 5 rings (SSSR count). The molecule has 4 nitrogen and oxygen atoms in total. The van der Waals surface area contributed by atoms with E-state index in [0.717, 1.165) is 11.8 Å². The quantitative estimate of drug-likeness (QED) is 0.792. The molecule has 0 aromatic carbocycles. The number of aromatic nitrogens is 2. The first kappa shape index (κ1) is 17.4. The highest BCUT2D eigenvalue weighted by Gasteiger charge is 2.48. The highest BCUT2D eigenvalue weighted by atomic mass is 79.9. The molecule has 4 saturated carbocycles. The molecule has 4 aliphatic carbocycles. The molecule has 1 aromatic rings. The van der Waals surface area contributed by atoms with Gasteiger partial charge in [0.2, 0.25) is 5.91 Å². The molecule has 4 bridgehead atoms. The highest BCUT2D eigenvalue weighted by Crippen LogP contribution is 2.53. The lowest BCUT2D eigenvalue weighted by molar-refractivity contribution is -0.128. The van der Waals surface area contributed by atoms with Crippen LogP contribution in [-0.4, -0.2) is 21.7 Å². The summed E-state index contributed by atoms with van der Waals surface area (Å²) in [5.74, 6) is 2.78. The molecular weight excluding hydrogens is 392 g/mol. The molecule has 0 saturated heterocycles. The minimum absolute atomic E-state index is 0.114. The van der Waals surface area contributed by atoms with Crippen molar-refractivity contribution in [2.75, 3.05) is 0 Å². The number of amides is 1. The van der Waals surface area contributed by atoms with E-state index in [1.54, 1.807) is 13.8 Å². The number of hydrogen-bond donors (Lipinski definition) is 1. The fraction of sp³-hybridized carbons (Fsp3) is 0.778. The lowest BCUT2D eigenvalue weighted by Crippen LogP contribution is -2.56. The molecule has 1 atom stereocenters. The van der Waals surface area contributed by atoms with Crippen LogP contribution in [0.3, 0.4) is 0 Å². The lowest BCUT2D eigenvalue weighted by atomic mass is 9.54. The Morgan fingerprint density at radius 3 is 2.24 bits per heavy atom. The summed E-state index contributed by atoms with van der Waals surface area (Å²) in [6.07, 6.45) is 3.64. The summed E-state index contributed by atoms with van der Waals surface area (Å²) in [6, 6.07) is -0.349. The molecule has 4 fully saturated rings. The molecule has 138 valence electrons. The normalized spacial score (nSPS) is 34.6. The van der Waals surface area contributed by atoms with E-state index < -0.39 is 12.5 Å². The Balaban J connectivity index is 1.49. The van der Waals surface area contributed by atoms with Gasteiger partial charge >= 0.3 is 0 Å². The average molecular weight is 416 g/mol. The maximum atomic E-state index is 13.0. The van der Waals surface area contributed by atoms with Gasteiger partial charge in [0.25, 0.3) is 6.43 Å². The van der Waals surface area contributed by atoms with Gasteiger partial charge in [-0.3, -0.25) is 9.48 Å². The van der Waals surface area contributed by atoms with Crippen LogP contribution in [0.5, 0.6) is 0 Å². The van der Waals surface area contributed by atoms with Crippen LogP contribution in [0.1, 0.15) is 62.9 Å². The van der Waals surface area contributed by atoms with Crippen molar-refractivity contribution < 1.29 is 13.6 Å². The van der Waals surface area contributed by atoms with E-state index in [2.05, 4.69) is 26.3 Å². The summed E-state index contributed by atoms with van der Waals surface area (Å²) in [6.45, 7) is 3.43. The van der Waals surface area contributed by atoms with Crippen molar-refractivity contribution in [3.63, 3.8) is 0 Å². The number of carbonyl (C=O) groups is 1. The molecule has 4 aliphatic rings. The zero-order valence-corrected chi connectivity index (χ0v) is 16.1. The molecule has 1 heterocycles. The topological polar surface area (TPSA) is 46.9 Å². The molecular formula is C18H24BrF2N3O. The van der Waals surface area contributed by atoms with Gasteiger partial charge < -0.3 is 5.32 Å². The number of nitrogens with one attached hydrogen (secondary N) is 1. The van der Waals surface area contributed by atoms with Crippen LogP contribution >= 0.6 is 15.9 Å². The van der Waals surface area contributed by atoms with Crippen molar-refractivity contribution in [1.82, 2.24) is 15.1 Å². The van der Waals surface area contributed by atoms with Crippen molar-refractivity contribution in [2.45, 2.75) is 64.5 Å². The summed E-state index contributed by atoms with van der Waals surface area (Å²) in [4.78, 5) is 12.8. The molecule has 1 aromatic heterocycles. The second-order valence-corrected chi connectivity index (χ2v) is 8.96. The smallest absolute Gasteiger partial charge is 0.283 e. The zero-order chi connectivity index (χ0) is 17.9. The third-order valence-electron chi connectivity index (χ3n) is 6.59. The fourth-order valence-electron chi connectivity index (χ4n) is 5.59. The summed E-state index contributed by atoms with van der Waals surface area (Å²) >= 11 is 3.17. The molecule has 1 amide bonds. The first-order valence-corrected chi connectivity index (χ1v) is 9.97. The van der Waals surface area contributed by atoms with Crippen molar-refractivity contribution in [1.29, 1.82) is 0 Å². The Labute approximate surface area is 154 Å². The largest absolute Gasteiger partial charge is 0.351 e. The fourth-order valence-corrected chi connectivity index (χ4v) is 6.03. The summed E-state index contributed by atoms with van der Waals surface area (Å²) < 4.78 is 27.8. The Morgan fingerprint density at radius 1 is 1.20 bits per heavy atom. The van der Waals surface area contributed by atoms with E-state index in [9.17, 15) is 13.6 Å². The second kappa shape index (κ2) is 6.32. The summed E-state index contributed by atoms with van der Waals surface area (Å²) in [7, 11) is 0. The van der Waals surface area contributed by atoms with E-state index in [-0.39, 0.29) is 22.1 Å². The number of alkyl halides is 2. The summed E-state index contributed by atoms with van der Waals surface area (Å²) in [5, 5.41) is 7.22. The van der Waals surface area contributed by atoms with Crippen LogP contribution in [0.15, 0.2) is 4.47 Å². The SMILES string of the molecule is Cc1c(Br)c(C(F)F)nn1[C@H](C)C(=O)NC1C2CC3CC(C2)CC1C3. The third kappa shape index (κ3) is 2.92. The van der Waals surface area contributed by atoms with Gasteiger partial charge in [-0.15, -0.1) is 0 Å². The Kier molecular flexibility index (Phi) is 4.41. The van der Waals surface area contributed by atoms with Gasteiger partial charge in [0.15, 0.2) is 0 Å². The lowest BCUT2D eigenvalue weighted by Gasteiger charge is -2.54. The van der Waals surface area contributed by atoms with Gasteiger partial charge in [-0.25, -0.2) is 8.78 Å². The monoisotopic (exact) mass is 415 g/mol. The Bertz CT molecular complexity index is 662. The molecule has 0 spiro atoms.